The van der Waals surface area contributed by atoms with Gasteiger partial charge in [-0.05, 0) is 43.4 Å². The second-order valence-corrected chi connectivity index (χ2v) is 7.04. The molecule has 0 amide bonds. The van der Waals surface area contributed by atoms with E-state index in [4.69, 9.17) is 0 Å². The zero-order chi connectivity index (χ0) is 14.1. The van der Waals surface area contributed by atoms with Gasteiger partial charge in [0, 0.05) is 44.8 Å². The minimum absolute atomic E-state index is 0.799. The molecule has 1 unspecified atom stereocenters. The van der Waals surface area contributed by atoms with Crippen LogP contribution in [-0.4, -0.2) is 48.1 Å². The number of rotatable bonds is 5. The van der Waals surface area contributed by atoms with Crippen molar-refractivity contribution in [1.82, 2.24) is 15.1 Å². The third-order valence-corrected chi connectivity index (χ3v) is 5.27. The van der Waals surface area contributed by atoms with E-state index in [2.05, 4.69) is 39.4 Å². The lowest BCUT2D eigenvalue weighted by Gasteiger charge is -2.37. The van der Waals surface area contributed by atoms with E-state index in [0.29, 0.717) is 0 Å². The standard InChI is InChI=1S/C18H27N3/c1-2-18-14-20(10-11-21(18)9-1)13-16-5-3-15(4-6-16)12-19-17-7-8-17/h3-6,17-19H,1-2,7-14H2. The molecule has 1 atom stereocenters. The highest BCUT2D eigenvalue weighted by molar-refractivity contribution is 5.22. The number of hydrogen-bond donors (Lipinski definition) is 1. The Morgan fingerprint density at radius 1 is 0.952 bits per heavy atom. The summed E-state index contributed by atoms with van der Waals surface area (Å²) >= 11 is 0. The lowest BCUT2D eigenvalue weighted by molar-refractivity contribution is 0.0994. The van der Waals surface area contributed by atoms with Gasteiger partial charge < -0.3 is 5.32 Å². The Hall–Kier alpha value is -0.900. The molecule has 1 saturated carbocycles. The summed E-state index contributed by atoms with van der Waals surface area (Å²) in [5, 5.41) is 3.58. The number of benzene rings is 1. The molecule has 1 N–H and O–H groups in total. The van der Waals surface area contributed by atoms with Gasteiger partial charge in [-0.25, -0.2) is 0 Å². The molecule has 4 rings (SSSR count). The van der Waals surface area contributed by atoms with Gasteiger partial charge in [-0.3, -0.25) is 9.80 Å². The van der Waals surface area contributed by atoms with Crippen LogP contribution < -0.4 is 5.32 Å². The third kappa shape index (κ3) is 3.47. The maximum absolute atomic E-state index is 3.58. The third-order valence-electron chi connectivity index (χ3n) is 5.27. The highest BCUT2D eigenvalue weighted by atomic mass is 15.3. The largest absolute Gasteiger partial charge is 0.310 e. The van der Waals surface area contributed by atoms with Crippen LogP contribution in [0, 0.1) is 0 Å². The Bertz CT molecular complexity index is 466. The van der Waals surface area contributed by atoms with Gasteiger partial charge >= 0.3 is 0 Å². The first-order chi connectivity index (χ1) is 10.4. The minimum atomic E-state index is 0.799. The zero-order valence-electron chi connectivity index (χ0n) is 12.9. The van der Waals surface area contributed by atoms with Gasteiger partial charge in [0.05, 0.1) is 0 Å². The fourth-order valence-corrected chi connectivity index (χ4v) is 3.77. The fraction of sp³-hybridized carbons (Fsp3) is 0.667. The van der Waals surface area contributed by atoms with E-state index in [0.717, 1.165) is 25.2 Å². The second-order valence-electron chi connectivity index (χ2n) is 7.04. The molecule has 0 aromatic heterocycles. The Morgan fingerprint density at radius 3 is 2.57 bits per heavy atom. The summed E-state index contributed by atoms with van der Waals surface area (Å²) < 4.78 is 0. The maximum atomic E-state index is 3.58. The van der Waals surface area contributed by atoms with Crippen LogP contribution in [0.1, 0.15) is 36.8 Å². The molecule has 3 fully saturated rings. The SMILES string of the molecule is c1cc(CN2CCN3CCCC3C2)ccc1CNC1CC1. The van der Waals surface area contributed by atoms with E-state index in [1.54, 1.807) is 0 Å². The topological polar surface area (TPSA) is 18.5 Å². The molecular formula is C18H27N3. The number of fused-ring (bicyclic) bond motifs is 1. The monoisotopic (exact) mass is 285 g/mol. The van der Waals surface area contributed by atoms with Gasteiger partial charge in [0.15, 0.2) is 0 Å². The van der Waals surface area contributed by atoms with E-state index in [1.807, 2.05) is 0 Å². The number of nitrogens with zero attached hydrogens (tertiary/aromatic N) is 2. The summed E-state index contributed by atoms with van der Waals surface area (Å²) in [7, 11) is 0. The van der Waals surface area contributed by atoms with E-state index in [-0.39, 0.29) is 0 Å². The van der Waals surface area contributed by atoms with E-state index in [9.17, 15) is 0 Å². The van der Waals surface area contributed by atoms with Crippen LogP contribution in [0.4, 0.5) is 0 Å². The van der Waals surface area contributed by atoms with Crippen molar-refractivity contribution in [2.75, 3.05) is 26.2 Å². The van der Waals surface area contributed by atoms with Crippen LogP contribution in [0.3, 0.4) is 0 Å². The summed E-state index contributed by atoms with van der Waals surface area (Å²) in [5.41, 5.74) is 2.89. The van der Waals surface area contributed by atoms with Crippen LogP contribution in [0.5, 0.6) is 0 Å². The summed E-state index contributed by atoms with van der Waals surface area (Å²) in [6.45, 7) is 7.27. The Balaban J connectivity index is 1.29. The van der Waals surface area contributed by atoms with Crippen molar-refractivity contribution >= 4 is 0 Å². The average molecular weight is 285 g/mol. The molecule has 2 heterocycles. The minimum Gasteiger partial charge on any atom is -0.310 e. The first-order valence-electron chi connectivity index (χ1n) is 8.64. The Labute approximate surface area is 128 Å². The summed E-state index contributed by atoms with van der Waals surface area (Å²) in [6, 6.07) is 10.9. The quantitative estimate of drug-likeness (QED) is 0.895. The molecule has 21 heavy (non-hydrogen) atoms. The summed E-state index contributed by atoms with van der Waals surface area (Å²) in [5.74, 6) is 0. The summed E-state index contributed by atoms with van der Waals surface area (Å²) in [6.07, 6.45) is 5.54. The van der Waals surface area contributed by atoms with Crippen molar-refractivity contribution in [2.24, 2.45) is 0 Å². The molecule has 0 bridgehead atoms. The van der Waals surface area contributed by atoms with Crippen LogP contribution in [0.15, 0.2) is 24.3 Å². The molecule has 114 valence electrons. The first-order valence-corrected chi connectivity index (χ1v) is 8.64. The molecule has 1 aliphatic carbocycles. The molecule has 0 spiro atoms. The predicted octanol–water partition coefficient (Wildman–Crippen LogP) is 2.22. The van der Waals surface area contributed by atoms with Gasteiger partial charge in [0.25, 0.3) is 0 Å². The summed E-state index contributed by atoms with van der Waals surface area (Å²) in [4.78, 5) is 5.33. The first kappa shape index (κ1) is 13.7. The number of piperazine rings is 1. The highest BCUT2D eigenvalue weighted by Gasteiger charge is 2.30. The Kier molecular flexibility index (Phi) is 3.97. The van der Waals surface area contributed by atoms with Crippen molar-refractivity contribution < 1.29 is 0 Å². The maximum Gasteiger partial charge on any atom is 0.0234 e. The smallest absolute Gasteiger partial charge is 0.0234 e. The van der Waals surface area contributed by atoms with E-state index >= 15 is 0 Å². The molecule has 3 nitrogen and oxygen atoms in total. The number of hydrogen-bond acceptors (Lipinski definition) is 3. The van der Waals surface area contributed by atoms with Crippen LogP contribution in [-0.2, 0) is 13.1 Å². The fourth-order valence-electron chi connectivity index (χ4n) is 3.77. The molecule has 2 aliphatic heterocycles. The lowest BCUT2D eigenvalue weighted by Crippen LogP contribution is -2.49. The van der Waals surface area contributed by atoms with Crippen LogP contribution in [0.2, 0.25) is 0 Å². The van der Waals surface area contributed by atoms with Crippen molar-refractivity contribution in [3.63, 3.8) is 0 Å². The highest BCUT2D eigenvalue weighted by Crippen LogP contribution is 2.23. The molecule has 0 radical (unpaired) electrons. The van der Waals surface area contributed by atoms with E-state index in [1.165, 1.54) is 63.0 Å². The molecule has 3 heteroatoms. The van der Waals surface area contributed by atoms with Crippen LogP contribution in [0.25, 0.3) is 0 Å². The van der Waals surface area contributed by atoms with Crippen LogP contribution >= 0.6 is 0 Å². The second kappa shape index (κ2) is 6.07. The van der Waals surface area contributed by atoms with Gasteiger partial charge in [0.2, 0.25) is 0 Å². The van der Waals surface area contributed by atoms with Crippen molar-refractivity contribution in [2.45, 2.75) is 50.9 Å². The molecule has 2 saturated heterocycles. The normalized spacial score (nSPS) is 27.0. The van der Waals surface area contributed by atoms with E-state index < -0.39 is 0 Å². The molecule has 1 aromatic carbocycles. The van der Waals surface area contributed by atoms with Gasteiger partial charge in [-0.1, -0.05) is 24.3 Å². The van der Waals surface area contributed by atoms with Crippen molar-refractivity contribution in [3.05, 3.63) is 35.4 Å². The Morgan fingerprint density at radius 2 is 1.76 bits per heavy atom. The average Bonchev–Trinajstić information content (AvgIpc) is 3.23. The van der Waals surface area contributed by atoms with Gasteiger partial charge in [0.1, 0.15) is 0 Å². The molecular weight excluding hydrogens is 258 g/mol. The molecule has 3 aliphatic rings. The zero-order valence-corrected chi connectivity index (χ0v) is 12.9. The lowest BCUT2D eigenvalue weighted by atomic mass is 10.1. The van der Waals surface area contributed by atoms with Crippen molar-refractivity contribution in [3.8, 4) is 0 Å². The van der Waals surface area contributed by atoms with Crippen molar-refractivity contribution in [1.29, 1.82) is 0 Å². The number of nitrogens with one attached hydrogen (secondary N) is 1. The predicted molar refractivity (Wildman–Crippen MR) is 86.2 cm³/mol. The molecule has 1 aromatic rings. The van der Waals surface area contributed by atoms with Gasteiger partial charge in [-0.15, -0.1) is 0 Å². The van der Waals surface area contributed by atoms with Gasteiger partial charge in [-0.2, -0.15) is 0 Å².